The van der Waals surface area contributed by atoms with E-state index in [4.69, 9.17) is 0 Å². The van der Waals surface area contributed by atoms with E-state index in [1.54, 1.807) is 30.6 Å². The Bertz CT molecular complexity index is 511. The molecule has 0 aliphatic heterocycles. The van der Waals surface area contributed by atoms with Crippen LogP contribution >= 0.6 is 0 Å². The molecular formula is C14H15NO2. The molecule has 17 heavy (non-hydrogen) atoms. The fourth-order valence-corrected chi connectivity index (χ4v) is 1.87. The standard InChI is InChI=1S/C14H15NO2/c1-10-9-15-6-5-13(10)14(17)8-11-3-2-4-12(16)7-11/h2-7,9,14,16-17H,8H2,1H3. The second-order valence-corrected chi connectivity index (χ2v) is 4.12. The van der Waals surface area contributed by atoms with Crippen LogP contribution in [0.25, 0.3) is 0 Å². The minimum Gasteiger partial charge on any atom is -0.508 e. The van der Waals surface area contributed by atoms with Crippen LogP contribution in [0.1, 0.15) is 22.8 Å². The first-order valence-corrected chi connectivity index (χ1v) is 5.53. The Kier molecular flexibility index (Phi) is 3.40. The van der Waals surface area contributed by atoms with Crippen molar-refractivity contribution in [2.24, 2.45) is 0 Å². The van der Waals surface area contributed by atoms with Gasteiger partial charge in [0, 0.05) is 18.8 Å². The number of phenolic OH excluding ortho intramolecular Hbond substituents is 1. The van der Waals surface area contributed by atoms with Gasteiger partial charge in [0.2, 0.25) is 0 Å². The van der Waals surface area contributed by atoms with Gasteiger partial charge in [-0.25, -0.2) is 0 Å². The van der Waals surface area contributed by atoms with Crippen LogP contribution in [-0.4, -0.2) is 15.2 Å². The van der Waals surface area contributed by atoms with E-state index in [2.05, 4.69) is 4.98 Å². The quantitative estimate of drug-likeness (QED) is 0.849. The lowest BCUT2D eigenvalue weighted by atomic mass is 9.99. The Morgan fingerprint density at radius 3 is 2.82 bits per heavy atom. The highest BCUT2D eigenvalue weighted by Crippen LogP contribution is 2.22. The monoisotopic (exact) mass is 229 g/mol. The summed E-state index contributed by atoms with van der Waals surface area (Å²) in [4.78, 5) is 4.00. The third-order valence-corrected chi connectivity index (χ3v) is 2.76. The van der Waals surface area contributed by atoms with Gasteiger partial charge in [-0.1, -0.05) is 12.1 Å². The van der Waals surface area contributed by atoms with Crippen molar-refractivity contribution in [1.29, 1.82) is 0 Å². The molecule has 0 spiro atoms. The molecule has 1 aromatic heterocycles. The van der Waals surface area contributed by atoms with Gasteiger partial charge in [-0.3, -0.25) is 4.98 Å². The zero-order valence-corrected chi connectivity index (χ0v) is 9.67. The van der Waals surface area contributed by atoms with Crippen molar-refractivity contribution < 1.29 is 10.2 Å². The molecule has 1 atom stereocenters. The van der Waals surface area contributed by atoms with E-state index < -0.39 is 6.10 Å². The third kappa shape index (κ3) is 2.82. The lowest BCUT2D eigenvalue weighted by Crippen LogP contribution is -2.04. The van der Waals surface area contributed by atoms with E-state index in [1.807, 2.05) is 19.1 Å². The molecule has 1 heterocycles. The first-order chi connectivity index (χ1) is 8.16. The molecule has 3 nitrogen and oxygen atoms in total. The van der Waals surface area contributed by atoms with Crippen LogP contribution in [0.3, 0.4) is 0 Å². The SMILES string of the molecule is Cc1cnccc1C(O)Cc1cccc(O)c1. The fraction of sp³-hybridized carbons (Fsp3) is 0.214. The summed E-state index contributed by atoms with van der Waals surface area (Å²) >= 11 is 0. The largest absolute Gasteiger partial charge is 0.508 e. The average molecular weight is 229 g/mol. The van der Waals surface area contributed by atoms with Crippen molar-refractivity contribution >= 4 is 0 Å². The maximum atomic E-state index is 10.1. The van der Waals surface area contributed by atoms with E-state index >= 15 is 0 Å². The molecular weight excluding hydrogens is 214 g/mol. The minimum absolute atomic E-state index is 0.223. The van der Waals surface area contributed by atoms with Crippen molar-refractivity contribution in [3.8, 4) is 5.75 Å². The van der Waals surface area contributed by atoms with Gasteiger partial charge in [0.05, 0.1) is 6.10 Å². The molecule has 1 unspecified atom stereocenters. The molecule has 0 saturated carbocycles. The van der Waals surface area contributed by atoms with Crippen molar-refractivity contribution in [3.63, 3.8) is 0 Å². The number of nitrogens with zero attached hydrogens (tertiary/aromatic N) is 1. The van der Waals surface area contributed by atoms with Gasteiger partial charge in [-0.2, -0.15) is 0 Å². The molecule has 0 radical (unpaired) electrons. The number of benzene rings is 1. The maximum Gasteiger partial charge on any atom is 0.115 e. The number of aliphatic hydroxyl groups excluding tert-OH is 1. The Balaban J connectivity index is 2.17. The normalized spacial score (nSPS) is 12.4. The summed E-state index contributed by atoms with van der Waals surface area (Å²) in [5, 5.41) is 19.5. The number of hydrogen-bond acceptors (Lipinski definition) is 3. The van der Waals surface area contributed by atoms with Gasteiger partial charge in [-0.05, 0) is 41.8 Å². The summed E-state index contributed by atoms with van der Waals surface area (Å²) in [5.41, 5.74) is 2.76. The van der Waals surface area contributed by atoms with Crippen LogP contribution in [0, 0.1) is 6.92 Å². The number of rotatable bonds is 3. The van der Waals surface area contributed by atoms with Crippen molar-refractivity contribution in [2.45, 2.75) is 19.4 Å². The van der Waals surface area contributed by atoms with E-state index in [0.29, 0.717) is 6.42 Å². The van der Waals surface area contributed by atoms with E-state index in [1.165, 1.54) is 0 Å². The van der Waals surface area contributed by atoms with Crippen LogP contribution in [0.2, 0.25) is 0 Å². The molecule has 2 aromatic rings. The highest BCUT2D eigenvalue weighted by molar-refractivity contribution is 5.30. The number of aromatic hydroxyl groups is 1. The predicted molar refractivity (Wildman–Crippen MR) is 65.7 cm³/mol. The lowest BCUT2D eigenvalue weighted by molar-refractivity contribution is 0.177. The number of aryl methyl sites for hydroxylation is 1. The minimum atomic E-state index is -0.570. The van der Waals surface area contributed by atoms with Crippen molar-refractivity contribution in [1.82, 2.24) is 4.98 Å². The third-order valence-electron chi connectivity index (χ3n) is 2.76. The first-order valence-electron chi connectivity index (χ1n) is 5.53. The van der Waals surface area contributed by atoms with Gasteiger partial charge < -0.3 is 10.2 Å². The topological polar surface area (TPSA) is 53.4 Å². The maximum absolute atomic E-state index is 10.1. The Morgan fingerprint density at radius 1 is 1.29 bits per heavy atom. The second-order valence-electron chi connectivity index (χ2n) is 4.12. The summed E-state index contributed by atoms with van der Waals surface area (Å²) in [6.07, 6.45) is 3.33. The van der Waals surface area contributed by atoms with E-state index in [0.717, 1.165) is 16.7 Å². The van der Waals surface area contributed by atoms with Crippen LogP contribution in [0.5, 0.6) is 5.75 Å². The molecule has 0 fully saturated rings. The summed E-state index contributed by atoms with van der Waals surface area (Å²) < 4.78 is 0. The van der Waals surface area contributed by atoms with E-state index in [9.17, 15) is 10.2 Å². The number of aromatic nitrogens is 1. The highest BCUT2D eigenvalue weighted by atomic mass is 16.3. The van der Waals surface area contributed by atoms with Crippen LogP contribution in [0.15, 0.2) is 42.7 Å². The van der Waals surface area contributed by atoms with Gasteiger partial charge in [0.25, 0.3) is 0 Å². The van der Waals surface area contributed by atoms with Crippen LogP contribution < -0.4 is 0 Å². The Labute approximate surface area is 100 Å². The molecule has 2 N–H and O–H groups in total. The summed E-state index contributed by atoms with van der Waals surface area (Å²) in [5.74, 6) is 0.223. The summed E-state index contributed by atoms with van der Waals surface area (Å²) in [6.45, 7) is 1.92. The smallest absolute Gasteiger partial charge is 0.115 e. The fourth-order valence-electron chi connectivity index (χ4n) is 1.87. The molecule has 0 bridgehead atoms. The number of hydrogen-bond donors (Lipinski definition) is 2. The van der Waals surface area contributed by atoms with Gasteiger partial charge >= 0.3 is 0 Å². The van der Waals surface area contributed by atoms with Crippen molar-refractivity contribution in [2.75, 3.05) is 0 Å². The molecule has 0 aliphatic rings. The zero-order chi connectivity index (χ0) is 12.3. The predicted octanol–water partition coefficient (Wildman–Crippen LogP) is 2.37. The molecule has 0 amide bonds. The molecule has 3 heteroatoms. The Hall–Kier alpha value is -1.87. The van der Waals surface area contributed by atoms with Gasteiger partial charge in [0.1, 0.15) is 5.75 Å². The van der Waals surface area contributed by atoms with Gasteiger partial charge in [-0.15, -0.1) is 0 Å². The number of aliphatic hydroxyl groups is 1. The molecule has 1 aromatic carbocycles. The van der Waals surface area contributed by atoms with E-state index in [-0.39, 0.29) is 5.75 Å². The zero-order valence-electron chi connectivity index (χ0n) is 9.67. The summed E-state index contributed by atoms with van der Waals surface area (Å²) in [7, 11) is 0. The van der Waals surface area contributed by atoms with Crippen molar-refractivity contribution in [3.05, 3.63) is 59.4 Å². The second kappa shape index (κ2) is 4.97. The summed E-state index contributed by atoms with van der Waals surface area (Å²) in [6, 6.07) is 8.77. The average Bonchev–Trinajstić information content (AvgIpc) is 2.29. The number of pyridine rings is 1. The lowest BCUT2D eigenvalue weighted by Gasteiger charge is -2.13. The van der Waals surface area contributed by atoms with Gasteiger partial charge in [0.15, 0.2) is 0 Å². The van der Waals surface area contributed by atoms with Crippen LogP contribution in [0.4, 0.5) is 0 Å². The molecule has 2 rings (SSSR count). The Morgan fingerprint density at radius 2 is 2.12 bits per heavy atom. The highest BCUT2D eigenvalue weighted by Gasteiger charge is 2.11. The molecule has 0 saturated heterocycles. The first kappa shape index (κ1) is 11.6. The molecule has 88 valence electrons. The van der Waals surface area contributed by atoms with Crippen LogP contribution in [-0.2, 0) is 6.42 Å². The molecule has 0 aliphatic carbocycles. The number of phenols is 1.